The summed E-state index contributed by atoms with van der Waals surface area (Å²) in [6, 6.07) is 0. The molecule has 0 spiro atoms. The summed E-state index contributed by atoms with van der Waals surface area (Å²) < 4.78 is 0. The quantitative estimate of drug-likeness (QED) is 0.405. The Labute approximate surface area is 77.3 Å². The van der Waals surface area contributed by atoms with E-state index >= 15 is 0 Å². The molecule has 13 heavy (non-hydrogen) atoms. The van der Waals surface area contributed by atoms with Crippen molar-refractivity contribution in [2.45, 2.75) is 20.3 Å². The molecule has 0 radical (unpaired) electrons. The number of hydrogen-bond acceptors (Lipinski definition) is 3. The van der Waals surface area contributed by atoms with Gasteiger partial charge in [0.2, 0.25) is 0 Å². The molecule has 0 bridgehead atoms. The van der Waals surface area contributed by atoms with Crippen LogP contribution in [0.15, 0.2) is 12.2 Å². The van der Waals surface area contributed by atoms with Crippen LogP contribution in [0.2, 0.25) is 0 Å². The van der Waals surface area contributed by atoms with Crippen molar-refractivity contribution < 1.29 is 19.5 Å². The van der Waals surface area contributed by atoms with Crippen LogP contribution in [0.3, 0.4) is 0 Å². The molecule has 0 fully saturated rings. The SMILES string of the molecule is C=C(C)C(=O)O.CCC(C=O)C=O. The number of carbonyl (C=O) groups excluding carboxylic acids is 2. The van der Waals surface area contributed by atoms with Gasteiger partial charge in [-0.3, -0.25) is 0 Å². The molecule has 0 heterocycles. The molecular formula is C9H14O4. The lowest BCUT2D eigenvalue weighted by molar-refractivity contribution is -0.132. The molecule has 0 unspecified atom stereocenters. The number of aldehydes is 2. The van der Waals surface area contributed by atoms with Gasteiger partial charge in [-0.25, -0.2) is 4.79 Å². The summed E-state index contributed by atoms with van der Waals surface area (Å²) in [5.74, 6) is -1.31. The first-order valence-corrected chi connectivity index (χ1v) is 3.78. The minimum Gasteiger partial charge on any atom is -0.478 e. The lowest BCUT2D eigenvalue weighted by Crippen LogP contribution is -1.99. The molecule has 0 aromatic heterocycles. The monoisotopic (exact) mass is 186 g/mol. The zero-order chi connectivity index (χ0) is 10.9. The molecule has 0 amide bonds. The smallest absolute Gasteiger partial charge is 0.330 e. The first-order chi connectivity index (χ1) is 5.99. The summed E-state index contributed by atoms with van der Waals surface area (Å²) in [7, 11) is 0. The number of aliphatic carboxylic acids is 1. The van der Waals surface area contributed by atoms with E-state index in [1.807, 2.05) is 0 Å². The molecule has 0 rings (SSSR count). The van der Waals surface area contributed by atoms with Crippen molar-refractivity contribution >= 4 is 18.5 Å². The van der Waals surface area contributed by atoms with Crippen LogP contribution in [0.5, 0.6) is 0 Å². The predicted molar refractivity (Wildman–Crippen MR) is 48.4 cm³/mol. The molecule has 0 aromatic rings. The van der Waals surface area contributed by atoms with Crippen LogP contribution in [0.25, 0.3) is 0 Å². The van der Waals surface area contributed by atoms with Gasteiger partial charge in [-0.1, -0.05) is 13.5 Å². The lowest BCUT2D eigenvalue weighted by Gasteiger charge is -1.88. The molecule has 4 nitrogen and oxygen atoms in total. The van der Waals surface area contributed by atoms with E-state index in [1.54, 1.807) is 6.92 Å². The topological polar surface area (TPSA) is 71.4 Å². The Balaban J connectivity index is 0. The van der Waals surface area contributed by atoms with Crippen molar-refractivity contribution in [2.24, 2.45) is 5.92 Å². The van der Waals surface area contributed by atoms with Crippen molar-refractivity contribution in [3.63, 3.8) is 0 Å². The maximum atomic E-state index is 9.74. The Bertz CT molecular complexity index is 176. The molecular weight excluding hydrogens is 172 g/mol. The summed E-state index contributed by atoms with van der Waals surface area (Å²) in [5, 5.41) is 7.89. The molecule has 0 saturated carbocycles. The van der Waals surface area contributed by atoms with Gasteiger partial charge in [0.25, 0.3) is 0 Å². The Morgan fingerprint density at radius 1 is 1.46 bits per heavy atom. The Kier molecular flexibility index (Phi) is 9.37. The summed E-state index contributed by atoms with van der Waals surface area (Å²) >= 11 is 0. The lowest BCUT2D eigenvalue weighted by atomic mass is 10.1. The molecule has 74 valence electrons. The third-order valence-corrected chi connectivity index (χ3v) is 1.19. The highest BCUT2D eigenvalue weighted by Crippen LogP contribution is 1.89. The minimum absolute atomic E-state index is 0.176. The van der Waals surface area contributed by atoms with E-state index in [-0.39, 0.29) is 11.5 Å². The standard InChI is InChI=1S/C5H8O2.C4H6O2/c1-2-5(3-6)4-7;1-3(2)4(5)6/h3-5H,2H2,1H3;1H2,2H3,(H,5,6). The van der Waals surface area contributed by atoms with Crippen LogP contribution >= 0.6 is 0 Å². The van der Waals surface area contributed by atoms with Gasteiger partial charge in [0.15, 0.2) is 0 Å². The number of carboxylic acids is 1. The first-order valence-electron chi connectivity index (χ1n) is 3.78. The fourth-order valence-corrected chi connectivity index (χ4v) is 0.225. The predicted octanol–water partition coefficient (Wildman–Crippen LogP) is 1.06. The van der Waals surface area contributed by atoms with Crippen LogP contribution in [-0.2, 0) is 14.4 Å². The van der Waals surface area contributed by atoms with Gasteiger partial charge in [0.05, 0.1) is 5.92 Å². The van der Waals surface area contributed by atoms with Crippen LogP contribution in [0.1, 0.15) is 20.3 Å². The maximum absolute atomic E-state index is 9.74. The molecule has 1 N–H and O–H groups in total. The normalized spacial score (nSPS) is 8.23. The van der Waals surface area contributed by atoms with E-state index < -0.39 is 5.97 Å². The van der Waals surface area contributed by atoms with Gasteiger partial charge in [-0.2, -0.15) is 0 Å². The summed E-state index contributed by atoms with van der Waals surface area (Å²) in [5.41, 5.74) is 0.176. The second-order valence-corrected chi connectivity index (χ2v) is 2.43. The average molecular weight is 186 g/mol. The van der Waals surface area contributed by atoms with E-state index in [2.05, 4.69) is 6.58 Å². The van der Waals surface area contributed by atoms with E-state index in [1.165, 1.54) is 6.92 Å². The third-order valence-electron chi connectivity index (χ3n) is 1.19. The zero-order valence-corrected chi connectivity index (χ0v) is 7.82. The van der Waals surface area contributed by atoms with Gasteiger partial charge >= 0.3 is 5.97 Å². The van der Waals surface area contributed by atoms with Crippen molar-refractivity contribution in [3.05, 3.63) is 12.2 Å². The summed E-state index contributed by atoms with van der Waals surface area (Å²) in [6.07, 6.45) is 1.94. The van der Waals surface area contributed by atoms with Crippen molar-refractivity contribution in [1.29, 1.82) is 0 Å². The zero-order valence-electron chi connectivity index (χ0n) is 7.82. The highest BCUT2D eigenvalue weighted by Gasteiger charge is 1.97. The fraction of sp³-hybridized carbons (Fsp3) is 0.444. The number of carboxylic acid groups (broad SMARTS) is 1. The summed E-state index contributed by atoms with van der Waals surface area (Å²) in [4.78, 5) is 29.1. The number of rotatable bonds is 4. The van der Waals surface area contributed by atoms with Crippen LogP contribution in [0, 0.1) is 5.92 Å². The largest absolute Gasteiger partial charge is 0.478 e. The van der Waals surface area contributed by atoms with Crippen LogP contribution in [0.4, 0.5) is 0 Å². The van der Waals surface area contributed by atoms with E-state index in [0.717, 1.165) is 0 Å². The van der Waals surface area contributed by atoms with E-state index in [4.69, 9.17) is 5.11 Å². The molecule has 4 heteroatoms. The first kappa shape index (κ1) is 14.1. The van der Waals surface area contributed by atoms with Gasteiger partial charge in [0, 0.05) is 5.57 Å². The molecule has 0 atom stereocenters. The number of carbonyl (C=O) groups is 3. The van der Waals surface area contributed by atoms with Crippen molar-refractivity contribution in [1.82, 2.24) is 0 Å². The second kappa shape index (κ2) is 8.64. The van der Waals surface area contributed by atoms with Gasteiger partial charge in [0.1, 0.15) is 12.6 Å². The molecule has 0 saturated heterocycles. The number of hydrogen-bond donors (Lipinski definition) is 1. The van der Waals surface area contributed by atoms with E-state index in [0.29, 0.717) is 19.0 Å². The van der Waals surface area contributed by atoms with Gasteiger partial charge in [-0.05, 0) is 13.3 Å². The molecule has 0 aliphatic rings. The van der Waals surface area contributed by atoms with Gasteiger partial charge in [-0.15, -0.1) is 0 Å². The maximum Gasteiger partial charge on any atom is 0.330 e. The molecule has 0 aliphatic heterocycles. The summed E-state index contributed by atoms with van der Waals surface area (Å²) in [6.45, 7) is 6.40. The second-order valence-electron chi connectivity index (χ2n) is 2.43. The Morgan fingerprint density at radius 3 is 1.77 bits per heavy atom. The Hall–Kier alpha value is -1.45. The Morgan fingerprint density at radius 2 is 1.77 bits per heavy atom. The van der Waals surface area contributed by atoms with Crippen LogP contribution < -0.4 is 0 Å². The van der Waals surface area contributed by atoms with Crippen LogP contribution in [-0.4, -0.2) is 23.6 Å². The fourth-order valence-electron chi connectivity index (χ4n) is 0.225. The highest BCUT2D eigenvalue weighted by atomic mass is 16.4. The van der Waals surface area contributed by atoms with Crippen molar-refractivity contribution in [2.75, 3.05) is 0 Å². The minimum atomic E-state index is -0.935. The molecule has 0 aromatic carbocycles. The van der Waals surface area contributed by atoms with E-state index in [9.17, 15) is 14.4 Å². The van der Waals surface area contributed by atoms with Gasteiger partial charge < -0.3 is 14.7 Å². The molecule has 0 aliphatic carbocycles. The highest BCUT2D eigenvalue weighted by molar-refractivity contribution is 5.84. The third kappa shape index (κ3) is 10.6. The van der Waals surface area contributed by atoms with Crippen molar-refractivity contribution in [3.8, 4) is 0 Å². The average Bonchev–Trinajstić information content (AvgIpc) is 2.08.